The average Bonchev–Trinajstić information content (AvgIpc) is 2.38. The lowest BCUT2D eigenvalue weighted by molar-refractivity contribution is -0.123. The molecular formula is C14H31N3O. The molecule has 0 aromatic carbocycles. The molecule has 4 heteroatoms. The van der Waals surface area contributed by atoms with E-state index in [1.165, 1.54) is 38.5 Å². The second-order valence-electron chi connectivity index (χ2n) is 4.83. The predicted molar refractivity (Wildman–Crippen MR) is 77.5 cm³/mol. The van der Waals surface area contributed by atoms with Crippen molar-refractivity contribution in [1.82, 2.24) is 10.6 Å². The highest BCUT2D eigenvalue weighted by Gasteiger charge is 2.13. The summed E-state index contributed by atoms with van der Waals surface area (Å²) in [6, 6.07) is -0.139. The monoisotopic (exact) mass is 257 g/mol. The van der Waals surface area contributed by atoms with Crippen molar-refractivity contribution in [3.63, 3.8) is 0 Å². The van der Waals surface area contributed by atoms with Gasteiger partial charge >= 0.3 is 0 Å². The normalized spacial score (nSPS) is 12.4. The van der Waals surface area contributed by atoms with Crippen molar-refractivity contribution in [3.8, 4) is 0 Å². The Bertz CT molecular complexity index is 197. The molecule has 1 amide bonds. The highest BCUT2D eigenvalue weighted by atomic mass is 16.2. The van der Waals surface area contributed by atoms with Crippen LogP contribution in [0.3, 0.4) is 0 Å². The summed E-state index contributed by atoms with van der Waals surface area (Å²) in [5.41, 5.74) is 5.46. The fourth-order valence-corrected chi connectivity index (χ4v) is 1.99. The molecule has 0 aromatic heterocycles. The van der Waals surface area contributed by atoms with Crippen LogP contribution in [0, 0.1) is 0 Å². The summed E-state index contributed by atoms with van der Waals surface area (Å²) < 4.78 is 0. The van der Waals surface area contributed by atoms with Crippen LogP contribution in [0.4, 0.5) is 0 Å². The fourth-order valence-electron chi connectivity index (χ4n) is 1.99. The summed E-state index contributed by atoms with van der Waals surface area (Å²) >= 11 is 0. The molecule has 0 bridgehead atoms. The lowest BCUT2D eigenvalue weighted by atomic mass is 10.1. The molecule has 108 valence electrons. The molecule has 0 spiro atoms. The summed E-state index contributed by atoms with van der Waals surface area (Å²) in [5, 5.41) is 5.95. The van der Waals surface area contributed by atoms with E-state index in [4.69, 9.17) is 5.73 Å². The van der Waals surface area contributed by atoms with Crippen LogP contribution in [0.15, 0.2) is 0 Å². The van der Waals surface area contributed by atoms with Crippen molar-refractivity contribution in [3.05, 3.63) is 0 Å². The van der Waals surface area contributed by atoms with E-state index in [9.17, 15) is 4.79 Å². The molecule has 0 aliphatic carbocycles. The fraction of sp³-hybridized carbons (Fsp3) is 0.929. The van der Waals surface area contributed by atoms with Crippen LogP contribution in [0.25, 0.3) is 0 Å². The quantitative estimate of drug-likeness (QED) is 0.467. The van der Waals surface area contributed by atoms with Gasteiger partial charge in [-0.1, -0.05) is 45.4 Å². The van der Waals surface area contributed by atoms with E-state index in [0.29, 0.717) is 13.0 Å². The Balaban J connectivity index is 3.39. The van der Waals surface area contributed by atoms with Crippen LogP contribution in [-0.4, -0.2) is 32.1 Å². The van der Waals surface area contributed by atoms with Crippen LogP contribution < -0.4 is 16.4 Å². The van der Waals surface area contributed by atoms with Gasteiger partial charge in [-0.15, -0.1) is 0 Å². The van der Waals surface area contributed by atoms with Gasteiger partial charge < -0.3 is 16.4 Å². The predicted octanol–water partition coefficient (Wildman–Crippen LogP) is 1.79. The first-order valence-corrected chi connectivity index (χ1v) is 7.41. The van der Waals surface area contributed by atoms with Crippen molar-refractivity contribution in [1.29, 1.82) is 0 Å². The first-order valence-electron chi connectivity index (χ1n) is 7.41. The zero-order valence-corrected chi connectivity index (χ0v) is 12.1. The largest absolute Gasteiger partial charge is 0.355 e. The molecule has 18 heavy (non-hydrogen) atoms. The maximum absolute atomic E-state index is 11.7. The van der Waals surface area contributed by atoms with E-state index < -0.39 is 0 Å². The summed E-state index contributed by atoms with van der Waals surface area (Å²) in [6.07, 6.45) is 9.59. The van der Waals surface area contributed by atoms with Gasteiger partial charge in [0, 0.05) is 6.54 Å². The Morgan fingerprint density at radius 1 is 1.11 bits per heavy atom. The van der Waals surface area contributed by atoms with E-state index >= 15 is 0 Å². The minimum Gasteiger partial charge on any atom is -0.355 e. The second-order valence-corrected chi connectivity index (χ2v) is 4.83. The molecule has 0 aliphatic heterocycles. The maximum atomic E-state index is 11.7. The Morgan fingerprint density at radius 2 is 1.72 bits per heavy atom. The smallest absolute Gasteiger partial charge is 0.237 e. The summed E-state index contributed by atoms with van der Waals surface area (Å²) in [6.45, 7) is 3.56. The van der Waals surface area contributed by atoms with Gasteiger partial charge in [0.1, 0.15) is 0 Å². The van der Waals surface area contributed by atoms with Crippen LogP contribution in [0.2, 0.25) is 0 Å². The number of hydrogen-bond donors (Lipinski definition) is 3. The van der Waals surface area contributed by atoms with Gasteiger partial charge in [0.15, 0.2) is 0 Å². The standard InChI is InChI=1S/C14H31N3O/c1-3-4-5-6-7-8-9-12-17-14(18)13(16-2)10-11-15/h13,16H,3-12,15H2,1-2H3,(H,17,18). The molecule has 0 aromatic rings. The number of amides is 1. The number of hydrogen-bond acceptors (Lipinski definition) is 3. The van der Waals surface area contributed by atoms with Gasteiger partial charge in [-0.05, 0) is 26.4 Å². The zero-order chi connectivity index (χ0) is 13.6. The van der Waals surface area contributed by atoms with Gasteiger partial charge in [-0.2, -0.15) is 0 Å². The first-order chi connectivity index (χ1) is 8.76. The Morgan fingerprint density at radius 3 is 2.28 bits per heavy atom. The molecular weight excluding hydrogens is 226 g/mol. The number of nitrogens with one attached hydrogen (secondary N) is 2. The topological polar surface area (TPSA) is 67.2 Å². The number of unbranched alkanes of at least 4 members (excludes halogenated alkanes) is 6. The molecule has 0 heterocycles. The molecule has 0 rings (SSSR count). The van der Waals surface area contributed by atoms with Crippen molar-refractivity contribution >= 4 is 5.91 Å². The van der Waals surface area contributed by atoms with Gasteiger partial charge in [0.05, 0.1) is 6.04 Å². The zero-order valence-electron chi connectivity index (χ0n) is 12.1. The van der Waals surface area contributed by atoms with Gasteiger partial charge in [0.25, 0.3) is 0 Å². The third-order valence-corrected chi connectivity index (χ3v) is 3.20. The Labute approximate surface area is 112 Å². The molecule has 1 atom stereocenters. The third-order valence-electron chi connectivity index (χ3n) is 3.20. The van der Waals surface area contributed by atoms with Crippen molar-refractivity contribution in [2.45, 2.75) is 64.3 Å². The molecule has 4 nitrogen and oxygen atoms in total. The summed E-state index contributed by atoms with van der Waals surface area (Å²) in [5.74, 6) is 0.0777. The van der Waals surface area contributed by atoms with E-state index in [-0.39, 0.29) is 11.9 Å². The van der Waals surface area contributed by atoms with Crippen LogP contribution >= 0.6 is 0 Å². The molecule has 4 N–H and O–H groups in total. The number of rotatable bonds is 12. The van der Waals surface area contributed by atoms with Crippen molar-refractivity contribution in [2.75, 3.05) is 20.1 Å². The number of carbonyl (C=O) groups is 1. The maximum Gasteiger partial charge on any atom is 0.237 e. The van der Waals surface area contributed by atoms with E-state index in [2.05, 4.69) is 17.6 Å². The molecule has 0 aliphatic rings. The molecule has 0 saturated carbocycles. The minimum absolute atomic E-state index is 0.0777. The van der Waals surface area contributed by atoms with Gasteiger partial charge in [-0.25, -0.2) is 0 Å². The highest BCUT2D eigenvalue weighted by molar-refractivity contribution is 5.81. The molecule has 0 radical (unpaired) electrons. The molecule has 1 unspecified atom stereocenters. The molecule has 0 saturated heterocycles. The third kappa shape index (κ3) is 9.42. The number of likely N-dealkylation sites (N-methyl/N-ethyl adjacent to an activating group) is 1. The number of nitrogens with two attached hydrogens (primary N) is 1. The van der Waals surface area contributed by atoms with E-state index in [1.807, 2.05) is 0 Å². The van der Waals surface area contributed by atoms with Crippen LogP contribution in [-0.2, 0) is 4.79 Å². The van der Waals surface area contributed by atoms with Gasteiger partial charge in [0.2, 0.25) is 5.91 Å². The van der Waals surface area contributed by atoms with Crippen molar-refractivity contribution < 1.29 is 4.79 Å². The lowest BCUT2D eigenvalue weighted by Crippen LogP contribution is -2.44. The van der Waals surface area contributed by atoms with Crippen LogP contribution in [0.5, 0.6) is 0 Å². The van der Waals surface area contributed by atoms with Gasteiger partial charge in [-0.3, -0.25) is 4.79 Å². The van der Waals surface area contributed by atoms with Crippen LogP contribution in [0.1, 0.15) is 58.3 Å². The summed E-state index contributed by atoms with van der Waals surface area (Å²) in [7, 11) is 1.80. The van der Waals surface area contributed by atoms with E-state index in [0.717, 1.165) is 13.0 Å². The molecule has 0 fully saturated rings. The minimum atomic E-state index is -0.139. The average molecular weight is 257 g/mol. The first kappa shape index (κ1) is 17.4. The second kappa shape index (κ2) is 12.8. The summed E-state index contributed by atoms with van der Waals surface area (Å²) in [4.78, 5) is 11.7. The van der Waals surface area contributed by atoms with Crippen molar-refractivity contribution in [2.24, 2.45) is 5.73 Å². The Hall–Kier alpha value is -0.610. The highest BCUT2D eigenvalue weighted by Crippen LogP contribution is 2.06. The lowest BCUT2D eigenvalue weighted by Gasteiger charge is -2.14. The number of carbonyl (C=O) groups excluding carboxylic acids is 1. The SMILES string of the molecule is CCCCCCCCCNC(=O)C(CCN)NC. The van der Waals surface area contributed by atoms with E-state index in [1.54, 1.807) is 7.05 Å². The Kier molecular flexibility index (Phi) is 12.4.